The Kier molecular flexibility index (Phi) is 4.09. The fourth-order valence-electron chi connectivity index (χ4n) is 2.20. The highest BCUT2D eigenvalue weighted by Gasteiger charge is 2.23. The molecule has 5 heteroatoms. The van der Waals surface area contributed by atoms with E-state index in [9.17, 15) is 4.79 Å². The zero-order chi connectivity index (χ0) is 13.1. The van der Waals surface area contributed by atoms with Gasteiger partial charge in [0, 0.05) is 14.1 Å². The summed E-state index contributed by atoms with van der Waals surface area (Å²) in [5, 5.41) is 6.76. The molecule has 4 nitrogen and oxygen atoms in total. The summed E-state index contributed by atoms with van der Waals surface area (Å²) in [4.78, 5) is 14.0. The highest BCUT2D eigenvalue weighted by molar-refractivity contribution is 6.34. The third-order valence-electron chi connectivity index (χ3n) is 3.07. The molecule has 1 aromatic rings. The van der Waals surface area contributed by atoms with Crippen LogP contribution in [0.3, 0.4) is 0 Å². The van der Waals surface area contributed by atoms with Gasteiger partial charge in [0.05, 0.1) is 22.4 Å². The van der Waals surface area contributed by atoms with E-state index in [0.29, 0.717) is 5.02 Å². The minimum Gasteiger partial charge on any atom is -0.375 e. The average Bonchev–Trinajstić information content (AvgIpc) is 2.81. The van der Waals surface area contributed by atoms with Gasteiger partial charge in [-0.05, 0) is 31.5 Å². The SMILES string of the molecule is CN(C)c1c(Cl)cccc1NC(=O)[C@H]1CCCN1. The lowest BCUT2D eigenvalue weighted by atomic mass is 10.2. The van der Waals surface area contributed by atoms with Gasteiger partial charge in [0.15, 0.2) is 0 Å². The Hall–Kier alpha value is -1.26. The number of carbonyl (C=O) groups excluding carboxylic acids is 1. The van der Waals surface area contributed by atoms with Crippen molar-refractivity contribution in [2.45, 2.75) is 18.9 Å². The van der Waals surface area contributed by atoms with E-state index in [1.165, 1.54) is 0 Å². The van der Waals surface area contributed by atoms with E-state index >= 15 is 0 Å². The zero-order valence-corrected chi connectivity index (χ0v) is 11.4. The van der Waals surface area contributed by atoms with Crippen LogP contribution in [0.2, 0.25) is 5.02 Å². The van der Waals surface area contributed by atoms with Gasteiger partial charge in [0.1, 0.15) is 0 Å². The second-order valence-electron chi connectivity index (χ2n) is 4.67. The number of halogens is 1. The predicted molar refractivity (Wildman–Crippen MR) is 75.4 cm³/mol. The van der Waals surface area contributed by atoms with Crippen molar-refractivity contribution >= 4 is 28.9 Å². The summed E-state index contributed by atoms with van der Waals surface area (Å²) < 4.78 is 0. The average molecular weight is 268 g/mol. The van der Waals surface area contributed by atoms with Crippen LogP contribution in [-0.4, -0.2) is 32.6 Å². The number of nitrogens with one attached hydrogen (secondary N) is 2. The first-order valence-electron chi connectivity index (χ1n) is 6.09. The molecular weight excluding hydrogens is 250 g/mol. The molecule has 98 valence electrons. The Labute approximate surface area is 112 Å². The van der Waals surface area contributed by atoms with Crippen molar-refractivity contribution in [2.24, 2.45) is 0 Å². The Morgan fingerprint density at radius 1 is 1.50 bits per heavy atom. The molecule has 1 aliphatic heterocycles. The zero-order valence-electron chi connectivity index (χ0n) is 10.7. The van der Waals surface area contributed by atoms with Gasteiger partial charge >= 0.3 is 0 Å². The first kappa shape index (κ1) is 13.2. The molecule has 2 rings (SSSR count). The van der Waals surface area contributed by atoms with Crippen LogP contribution >= 0.6 is 11.6 Å². The van der Waals surface area contributed by atoms with Gasteiger partial charge in [-0.3, -0.25) is 4.79 Å². The van der Waals surface area contributed by atoms with E-state index in [2.05, 4.69) is 10.6 Å². The summed E-state index contributed by atoms with van der Waals surface area (Å²) in [6.07, 6.45) is 1.94. The monoisotopic (exact) mass is 267 g/mol. The van der Waals surface area contributed by atoms with E-state index in [1.807, 2.05) is 37.2 Å². The molecule has 1 aliphatic rings. The molecule has 1 heterocycles. The molecule has 0 saturated carbocycles. The van der Waals surface area contributed by atoms with Crippen LogP contribution in [0.1, 0.15) is 12.8 Å². The lowest BCUT2D eigenvalue weighted by Gasteiger charge is -2.20. The largest absolute Gasteiger partial charge is 0.375 e. The van der Waals surface area contributed by atoms with Gasteiger partial charge in [-0.1, -0.05) is 17.7 Å². The Balaban J connectivity index is 2.18. The van der Waals surface area contributed by atoms with Crippen molar-refractivity contribution in [2.75, 3.05) is 30.9 Å². The number of carbonyl (C=O) groups is 1. The number of hydrogen-bond acceptors (Lipinski definition) is 3. The maximum absolute atomic E-state index is 12.1. The third-order valence-corrected chi connectivity index (χ3v) is 3.37. The molecule has 1 fully saturated rings. The fraction of sp³-hybridized carbons (Fsp3) is 0.462. The molecule has 0 spiro atoms. The number of hydrogen-bond donors (Lipinski definition) is 2. The van der Waals surface area contributed by atoms with E-state index in [-0.39, 0.29) is 11.9 Å². The minimum absolute atomic E-state index is 0.0119. The maximum Gasteiger partial charge on any atom is 0.241 e. The van der Waals surface area contributed by atoms with E-state index < -0.39 is 0 Å². The Morgan fingerprint density at radius 2 is 2.28 bits per heavy atom. The summed E-state index contributed by atoms with van der Waals surface area (Å²) >= 11 is 6.16. The standard InChI is InChI=1S/C13H18ClN3O/c1-17(2)12-9(14)5-3-6-10(12)16-13(18)11-7-4-8-15-11/h3,5-6,11,15H,4,7-8H2,1-2H3,(H,16,18)/t11-/m1/s1. The van der Waals surface area contributed by atoms with Gasteiger partial charge in [-0.25, -0.2) is 0 Å². The van der Waals surface area contributed by atoms with Gasteiger partial charge in [0.25, 0.3) is 0 Å². The van der Waals surface area contributed by atoms with Gasteiger partial charge in [-0.2, -0.15) is 0 Å². The molecule has 1 aromatic carbocycles. The normalized spacial score (nSPS) is 18.7. The highest BCUT2D eigenvalue weighted by Crippen LogP contribution is 2.32. The van der Waals surface area contributed by atoms with Crippen LogP contribution in [-0.2, 0) is 4.79 Å². The summed E-state index contributed by atoms with van der Waals surface area (Å²) in [6.45, 7) is 0.911. The fourth-order valence-corrected chi connectivity index (χ4v) is 2.54. The number of anilines is 2. The van der Waals surface area contributed by atoms with E-state index in [4.69, 9.17) is 11.6 Å². The van der Waals surface area contributed by atoms with Crippen molar-refractivity contribution in [1.82, 2.24) is 5.32 Å². The van der Waals surface area contributed by atoms with E-state index in [0.717, 1.165) is 30.8 Å². The number of benzene rings is 1. The van der Waals surface area contributed by atoms with Crippen molar-refractivity contribution in [3.63, 3.8) is 0 Å². The summed E-state index contributed by atoms with van der Waals surface area (Å²) in [5.41, 5.74) is 1.59. The van der Waals surface area contributed by atoms with Gasteiger partial charge in [0.2, 0.25) is 5.91 Å². The Bertz CT molecular complexity index is 442. The molecule has 1 atom stereocenters. The molecule has 1 amide bonds. The lowest BCUT2D eigenvalue weighted by molar-refractivity contribution is -0.117. The molecule has 0 aromatic heterocycles. The maximum atomic E-state index is 12.1. The number of amides is 1. The Morgan fingerprint density at radius 3 is 2.89 bits per heavy atom. The quantitative estimate of drug-likeness (QED) is 0.882. The molecule has 0 unspecified atom stereocenters. The van der Waals surface area contributed by atoms with Gasteiger partial charge < -0.3 is 15.5 Å². The summed E-state index contributed by atoms with van der Waals surface area (Å²) in [7, 11) is 3.81. The first-order chi connectivity index (χ1) is 8.59. The molecule has 2 N–H and O–H groups in total. The van der Waals surface area contributed by atoms with Crippen LogP contribution in [0.5, 0.6) is 0 Å². The van der Waals surface area contributed by atoms with E-state index in [1.54, 1.807) is 0 Å². The highest BCUT2D eigenvalue weighted by atomic mass is 35.5. The van der Waals surface area contributed by atoms with Crippen LogP contribution in [0, 0.1) is 0 Å². The molecule has 1 saturated heterocycles. The second-order valence-corrected chi connectivity index (χ2v) is 5.08. The molecule has 0 radical (unpaired) electrons. The molecular formula is C13H18ClN3O. The smallest absolute Gasteiger partial charge is 0.241 e. The van der Waals surface area contributed by atoms with Crippen LogP contribution in [0.15, 0.2) is 18.2 Å². The second kappa shape index (κ2) is 5.59. The van der Waals surface area contributed by atoms with Crippen LogP contribution in [0.4, 0.5) is 11.4 Å². The third kappa shape index (κ3) is 2.76. The summed E-state index contributed by atoms with van der Waals surface area (Å²) in [6, 6.07) is 5.44. The lowest BCUT2D eigenvalue weighted by Crippen LogP contribution is -2.35. The topological polar surface area (TPSA) is 44.4 Å². The van der Waals surface area contributed by atoms with Crippen LogP contribution in [0.25, 0.3) is 0 Å². The van der Waals surface area contributed by atoms with Crippen molar-refractivity contribution in [3.8, 4) is 0 Å². The van der Waals surface area contributed by atoms with Crippen molar-refractivity contribution in [3.05, 3.63) is 23.2 Å². The number of para-hydroxylation sites is 1. The number of rotatable bonds is 3. The van der Waals surface area contributed by atoms with Crippen LogP contribution < -0.4 is 15.5 Å². The van der Waals surface area contributed by atoms with Crippen molar-refractivity contribution < 1.29 is 4.79 Å². The van der Waals surface area contributed by atoms with Crippen molar-refractivity contribution in [1.29, 1.82) is 0 Å². The minimum atomic E-state index is -0.0843. The summed E-state index contributed by atoms with van der Waals surface area (Å²) in [5.74, 6) is 0.0119. The first-order valence-corrected chi connectivity index (χ1v) is 6.47. The molecule has 0 aliphatic carbocycles. The number of nitrogens with zero attached hydrogens (tertiary/aromatic N) is 1. The molecule has 0 bridgehead atoms. The predicted octanol–water partition coefficient (Wildman–Crippen LogP) is 2.10. The molecule has 18 heavy (non-hydrogen) atoms. The van der Waals surface area contributed by atoms with Gasteiger partial charge in [-0.15, -0.1) is 0 Å².